The van der Waals surface area contributed by atoms with Crippen molar-refractivity contribution < 1.29 is 27.8 Å². The number of aromatic nitrogens is 4. The number of hydrogen-bond donors (Lipinski definition) is 2. The number of carboxylic acids is 1. The molecule has 4 aromatic rings. The van der Waals surface area contributed by atoms with E-state index in [1.54, 1.807) is 36.7 Å². The van der Waals surface area contributed by atoms with Gasteiger partial charge in [0.05, 0.1) is 28.2 Å². The van der Waals surface area contributed by atoms with Crippen molar-refractivity contribution in [2.45, 2.75) is 25.1 Å². The van der Waals surface area contributed by atoms with Gasteiger partial charge in [-0.15, -0.1) is 0 Å². The third-order valence-corrected chi connectivity index (χ3v) is 5.61. The number of aromatic amines is 1. The number of benzene rings is 1. The molecule has 0 atom stereocenters. The second kappa shape index (κ2) is 7.88. The van der Waals surface area contributed by atoms with Gasteiger partial charge in [-0.2, -0.15) is 13.2 Å². The minimum atomic E-state index is -4.42. The Morgan fingerprint density at radius 1 is 1.03 bits per heavy atom. The van der Waals surface area contributed by atoms with E-state index in [1.165, 1.54) is 6.07 Å². The number of aliphatic carboxylic acids is 1. The lowest BCUT2D eigenvalue weighted by atomic mass is 9.82. The van der Waals surface area contributed by atoms with E-state index in [1.807, 2.05) is 0 Å². The van der Waals surface area contributed by atoms with Crippen LogP contribution in [0.15, 0.2) is 54.9 Å². The number of nitrogens with one attached hydrogen (secondary N) is 1. The van der Waals surface area contributed by atoms with Gasteiger partial charge in [-0.25, -0.2) is 9.97 Å². The number of imidazole rings is 1. The third kappa shape index (κ3) is 4.23. The lowest BCUT2D eigenvalue weighted by Crippen LogP contribution is -2.38. The summed E-state index contributed by atoms with van der Waals surface area (Å²) >= 11 is 0. The number of nitrogens with zero attached hydrogens (tertiary/aromatic N) is 3. The summed E-state index contributed by atoms with van der Waals surface area (Å²) in [4.78, 5) is 26.8. The van der Waals surface area contributed by atoms with E-state index in [2.05, 4.69) is 19.9 Å². The van der Waals surface area contributed by atoms with E-state index >= 15 is 0 Å². The predicted molar refractivity (Wildman–Crippen MR) is 112 cm³/mol. The van der Waals surface area contributed by atoms with Crippen LogP contribution in [0.4, 0.5) is 13.2 Å². The Kier molecular flexibility index (Phi) is 4.99. The maximum atomic E-state index is 12.9. The van der Waals surface area contributed by atoms with Crippen LogP contribution in [0.1, 0.15) is 18.4 Å². The predicted octanol–water partition coefficient (Wildman–Crippen LogP) is 4.95. The molecule has 0 spiro atoms. The average molecular weight is 454 g/mol. The molecule has 3 heterocycles. The molecule has 0 amide bonds. The molecule has 33 heavy (non-hydrogen) atoms. The van der Waals surface area contributed by atoms with E-state index in [-0.39, 0.29) is 12.0 Å². The van der Waals surface area contributed by atoms with E-state index in [9.17, 15) is 18.0 Å². The highest BCUT2D eigenvalue weighted by Gasteiger charge is 2.36. The summed E-state index contributed by atoms with van der Waals surface area (Å²) in [5.41, 5.74) is 2.04. The highest BCUT2D eigenvalue weighted by Crippen LogP contribution is 2.33. The number of carboxylic acid groups (broad SMARTS) is 1. The summed E-state index contributed by atoms with van der Waals surface area (Å²) in [6.07, 6.45) is -0.413. The van der Waals surface area contributed by atoms with Crippen molar-refractivity contribution in [3.05, 3.63) is 60.4 Å². The van der Waals surface area contributed by atoms with Crippen molar-refractivity contribution in [1.29, 1.82) is 0 Å². The number of hydrogen-bond acceptors (Lipinski definition) is 5. The number of fused-ring (bicyclic) bond motifs is 1. The third-order valence-electron chi connectivity index (χ3n) is 5.61. The second-order valence-corrected chi connectivity index (χ2v) is 7.88. The Labute approximate surface area is 185 Å². The topological polar surface area (TPSA) is 101 Å². The summed E-state index contributed by atoms with van der Waals surface area (Å²) in [7, 11) is 0. The van der Waals surface area contributed by atoms with Crippen LogP contribution in [0.2, 0.25) is 0 Å². The van der Waals surface area contributed by atoms with Crippen LogP contribution >= 0.6 is 0 Å². The van der Waals surface area contributed by atoms with Crippen molar-refractivity contribution in [3.8, 4) is 28.5 Å². The Hall–Kier alpha value is -3.95. The number of alkyl halides is 3. The first-order valence-electron chi connectivity index (χ1n) is 10.2. The molecule has 0 unspecified atom stereocenters. The number of pyridine rings is 2. The zero-order chi connectivity index (χ0) is 23.2. The van der Waals surface area contributed by atoms with Crippen LogP contribution in [0.5, 0.6) is 5.88 Å². The quantitative estimate of drug-likeness (QED) is 0.443. The number of halogens is 3. The fourth-order valence-electron chi connectivity index (χ4n) is 3.66. The van der Waals surface area contributed by atoms with E-state index in [0.717, 1.165) is 17.7 Å². The first kappa shape index (κ1) is 20.9. The summed E-state index contributed by atoms with van der Waals surface area (Å²) in [5, 5.41) is 8.92. The number of H-pyrrole nitrogens is 1. The minimum absolute atomic E-state index is 0.141. The van der Waals surface area contributed by atoms with Gasteiger partial charge in [0.15, 0.2) is 0 Å². The van der Waals surface area contributed by atoms with Crippen LogP contribution in [-0.2, 0) is 11.0 Å². The van der Waals surface area contributed by atoms with Gasteiger partial charge in [0.25, 0.3) is 0 Å². The van der Waals surface area contributed by atoms with Gasteiger partial charge in [0.2, 0.25) is 5.88 Å². The summed E-state index contributed by atoms with van der Waals surface area (Å²) in [5.74, 6) is -0.313. The average Bonchev–Trinajstić information content (AvgIpc) is 3.19. The largest absolute Gasteiger partial charge is 0.481 e. The summed E-state index contributed by atoms with van der Waals surface area (Å²) < 4.78 is 44.5. The van der Waals surface area contributed by atoms with Gasteiger partial charge in [-0.05, 0) is 49.2 Å². The Morgan fingerprint density at radius 2 is 1.79 bits per heavy atom. The molecule has 2 N–H and O–H groups in total. The lowest BCUT2D eigenvalue weighted by molar-refractivity contribution is -0.148. The first-order valence-corrected chi connectivity index (χ1v) is 10.2. The molecule has 5 rings (SSSR count). The van der Waals surface area contributed by atoms with Gasteiger partial charge in [-0.1, -0.05) is 0 Å². The molecule has 1 aromatic carbocycles. The fraction of sp³-hybridized carbons (Fsp3) is 0.217. The molecule has 1 aliphatic carbocycles. The van der Waals surface area contributed by atoms with E-state index < -0.39 is 17.7 Å². The molecular formula is C23H17F3N4O3. The van der Waals surface area contributed by atoms with Crippen LogP contribution in [0, 0.1) is 5.92 Å². The highest BCUT2D eigenvalue weighted by molar-refractivity contribution is 5.80. The number of ether oxygens (including phenoxy) is 1. The summed E-state index contributed by atoms with van der Waals surface area (Å²) in [6.45, 7) is 0. The first-order chi connectivity index (χ1) is 15.8. The van der Waals surface area contributed by atoms with Crippen molar-refractivity contribution in [2.75, 3.05) is 0 Å². The van der Waals surface area contributed by atoms with Crippen molar-refractivity contribution in [1.82, 2.24) is 19.9 Å². The molecule has 0 saturated heterocycles. The SMILES string of the molecule is O=C(O)C1CC(Oc2ccc(-c3ccc(-c4nc5ccc(C(F)(F)F)cc5[nH]4)cn3)cn2)C1. The Morgan fingerprint density at radius 3 is 2.42 bits per heavy atom. The number of rotatable bonds is 5. The van der Waals surface area contributed by atoms with Crippen LogP contribution in [-0.4, -0.2) is 37.1 Å². The Balaban J connectivity index is 1.29. The summed E-state index contributed by atoms with van der Waals surface area (Å²) in [6, 6.07) is 10.4. The van der Waals surface area contributed by atoms with Gasteiger partial charge in [0, 0.05) is 29.6 Å². The standard InChI is InChI=1S/C23H17F3N4O3/c24-23(25,26)15-3-5-18-19(9-15)30-21(29-18)13-1-4-17(27-11-13)12-2-6-20(28-10-12)33-16-7-14(8-16)22(31)32/h1-6,9-11,14,16H,7-8H2,(H,29,30)(H,31,32). The van der Waals surface area contributed by atoms with Crippen LogP contribution < -0.4 is 4.74 Å². The van der Waals surface area contributed by atoms with Gasteiger partial charge in [0.1, 0.15) is 11.9 Å². The van der Waals surface area contributed by atoms with Crippen molar-refractivity contribution >= 4 is 17.0 Å². The maximum Gasteiger partial charge on any atom is 0.416 e. The van der Waals surface area contributed by atoms with E-state index in [0.29, 0.717) is 46.8 Å². The molecule has 1 saturated carbocycles. The molecule has 3 aromatic heterocycles. The Bertz CT molecular complexity index is 1310. The molecule has 1 aliphatic rings. The van der Waals surface area contributed by atoms with Gasteiger partial charge in [-0.3, -0.25) is 9.78 Å². The van der Waals surface area contributed by atoms with Crippen LogP contribution in [0.3, 0.4) is 0 Å². The van der Waals surface area contributed by atoms with Crippen molar-refractivity contribution in [2.24, 2.45) is 5.92 Å². The smallest absolute Gasteiger partial charge is 0.416 e. The molecular weight excluding hydrogens is 437 g/mol. The van der Waals surface area contributed by atoms with Crippen molar-refractivity contribution in [3.63, 3.8) is 0 Å². The monoisotopic (exact) mass is 454 g/mol. The normalized spacial score (nSPS) is 18.2. The second-order valence-electron chi connectivity index (χ2n) is 7.88. The zero-order valence-electron chi connectivity index (χ0n) is 17.0. The van der Waals surface area contributed by atoms with Crippen LogP contribution in [0.25, 0.3) is 33.7 Å². The van der Waals surface area contributed by atoms with Gasteiger partial charge < -0.3 is 14.8 Å². The molecule has 7 nitrogen and oxygen atoms in total. The zero-order valence-corrected chi connectivity index (χ0v) is 17.0. The van der Waals surface area contributed by atoms with Gasteiger partial charge >= 0.3 is 12.1 Å². The molecule has 168 valence electrons. The molecule has 1 fully saturated rings. The maximum absolute atomic E-state index is 12.9. The highest BCUT2D eigenvalue weighted by atomic mass is 19.4. The lowest BCUT2D eigenvalue weighted by Gasteiger charge is -2.31. The number of carbonyl (C=O) groups is 1. The fourth-order valence-corrected chi connectivity index (χ4v) is 3.66. The van der Waals surface area contributed by atoms with E-state index in [4.69, 9.17) is 9.84 Å². The molecule has 0 aliphatic heterocycles. The molecule has 0 radical (unpaired) electrons. The molecule has 10 heteroatoms. The minimum Gasteiger partial charge on any atom is -0.481 e. The molecule has 0 bridgehead atoms.